The molecular formula is C19H24FN5O2. The first-order valence-electron chi connectivity index (χ1n) is 9.10. The van der Waals surface area contributed by atoms with Crippen LogP contribution in [0.15, 0.2) is 43.0 Å². The highest BCUT2D eigenvalue weighted by Crippen LogP contribution is 2.14. The largest absolute Gasteiger partial charge is 0.356 e. The lowest BCUT2D eigenvalue weighted by Crippen LogP contribution is -2.56. The molecule has 1 fully saturated rings. The Balaban J connectivity index is 1.49. The van der Waals surface area contributed by atoms with E-state index in [-0.39, 0.29) is 24.1 Å². The van der Waals surface area contributed by atoms with Gasteiger partial charge in [-0.2, -0.15) is 0 Å². The standard InChI is InChI=1S/C19H24FN5O2/c20-16-4-2-15(3-5-16)13-25-11-8-23-19(27)17(25)12-18(26)22-6-1-9-24-10-7-21-14-24/h2-5,7,10,14,17H,1,6,8-9,11-13H2,(H,22,26)(H,23,27)/t17-/m0/s1. The summed E-state index contributed by atoms with van der Waals surface area (Å²) in [4.78, 5) is 30.5. The zero-order chi connectivity index (χ0) is 19.1. The van der Waals surface area contributed by atoms with E-state index < -0.39 is 6.04 Å². The lowest BCUT2D eigenvalue weighted by molar-refractivity contribution is -0.134. The van der Waals surface area contributed by atoms with Gasteiger partial charge >= 0.3 is 0 Å². The van der Waals surface area contributed by atoms with Gasteiger partial charge in [0.2, 0.25) is 11.8 Å². The normalized spacial score (nSPS) is 17.5. The van der Waals surface area contributed by atoms with E-state index in [0.717, 1.165) is 18.5 Å². The highest BCUT2D eigenvalue weighted by molar-refractivity contribution is 5.88. The molecule has 0 aliphatic carbocycles. The van der Waals surface area contributed by atoms with E-state index in [0.29, 0.717) is 26.2 Å². The summed E-state index contributed by atoms with van der Waals surface area (Å²) >= 11 is 0. The van der Waals surface area contributed by atoms with Crippen molar-refractivity contribution < 1.29 is 14.0 Å². The summed E-state index contributed by atoms with van der Waals surface area (Å²) in [6, 6.07) is 5.70. The molecule has 0 bridgehead atoms. The zero-order valence-corrected chi connectivity index (χ0v) is 15.1. The molecule has 0 saturated carbocycles. The van der Waals surface area contributed by atoms with Crippen LogP contribution in [0.3, 0.4) is 0 Å². The minimum Gasteiger partial charge on any atom is -0.356 e. The molecule has 7 nitrogen and oxygen atoms in total. The van der Waals surface area contributed by atoms with Gasteiger partial charge in [-0.1, -0.05) is 12.1 Å². The van der Waals surface area contributed by atoms with E-state index in [9.17, 15) is 14.0 Å². The fourth-order valence-corrected chi connectivity index (χ4v) is 3.15. The minimum absolute atomic E-state index is 0.109. The number of benzene rings is 1. The summed E-state index contributed by atoms with van der Waals surface area (Å²) in [6.45, 7) is 3.03. The summed E-state index contributed by atoms with van der Waals surface area (Å²) in [5.74, 6) is -0.578. The second-order valence-electron chi connectivity index (χ2n) is 6.61. The van der Waals surface area contributed by atoms with Crippen molar-refractivity contribution in [2.24, 2.45) is 0 Å². The molecule has 0 radical (unpaired) electrons. The fraction of sp³-hybridized carbons (Fsp3) is 0.421. The first kappa shape index (κ1) is 19.0. The molecule has 27 heavy (non-hydrogen) atoms. The first-order valence-corrected chi connectivity index (χ1v) is 9.10. The highest BCUT2D eigenvalue weighted by atomic mass is 19.1. The maximum atomic E-state index is 13.1. The third kappa shape index (κ3) is 5.62. The van der Waals surface area contributed by atoms with E-state index in [1.165, 1.54) is 12.1 Å². The number of imidazole rings is 1. The molecule has 2 amide bonds. The molecule has 2 aromatic rings. The Kier molecular flexibility index (Phi) is 6.54. The molecule has 1 atom stereocenters. The number of halogens is 1. The van der Waals surface area contributed by atoms with Gasteiger partial charge in [0.1, 0.15) is 5.82 Å². The number of nitrogens with zero attached hydrogens (tertiary/aromatic N) is 3. The van der Waals surface area contributed by atoms with Crippen LogP contribution in [0.25, 0.3) is 0 Å². The molecule has 144 valence electrons. The van der Waals surface area contributed by atoms with Crippen molar-refractivity contribution in [3.05, 3.63) is 54.4 Å². The second-order valence-corrected chi connectivity index (χ2v) is 6.61. The number of rotatable bonds is 8. The Morgan fingerprint density at radius 2 is 2.15 bits per heavy atom. The van der Waals surface area contributed by atoms with Gasteiger partial charge in [-0.15, -0.1) is 0 Å². The van der Waals surface area contributed by atoms with E-state index in [1.807, 2.05) is 15.7 Å². The lowest BCUT2D eigenvalue weighted by Gasteiger charge is -2.34. The SMILES string of the molecule is O=C(C[C@H]1C(=O)NCCN1Cc1ccc(F)cc1)NCCCn1ccnc1. The van der Waals surface area contributed by atoms with Gasteiger partial charge in [-0.25, -0.2) is 9.37 Å². The molecule has 2 heterocycles. The average Bonchev–Trinajstić information content (AvgIpc) is 3.17. The highest BCUT2D eigenvalue weighted by Gasteiger charge is 2.31. The quantitative estimate of drug-likeness (QED) is 0.675. The summed E-state index contributed by atoms with van der Waals surface area (Å²) in [6.07, 6.45) is 6.23. The maximum absolute atomic E-state index is 13.1. The number of carbonyl (C=O) groups is 2. The summed E-state index contributed by atoms with van der Waals surface area (Å²) in [7, 11) is 0. The van der Waals surface area contributed by atoms with Gasteiger partial charge in [0.25, 0.3) is 0 Å². The topological polar surface area (TPSA) is 79.3 Å². The van der Waals surface area contributed by atoms with Crippen LogP contribution >= 0.6 is 0 Å². The Morgan fingerprint density at radius 1 is 1.33 bits per heavy atom. The fourth-order valence-electron chi connectivity index (χ4n) is 3.15. The number of nitrogens with one attached hydrogen (secondary N) is 2. The van der Waals surface area contributed by atoms with Gasteiger partial charge in [0.05, 0.1) is 18.8 Å². The molecule has 0 unspecified atom stereocenters. The number of amides is 2. The van der Waals surface area contributed by atoms with Crippen LogP contribution < -0.4 is 10.6 Å². The minimum atomic E-state index is -0.516. The van der Waals surface area contributed by atoms with Crippen molar-refractivity contribution in [2.45, 2.75) is 32.0 Å². The molecule has 1 aliphatic rings. The molecule has 1 aliphatic heterocycles. The number of aryl methyl sites for hydroxylation is 1. The van der Waals surface area contributed by atoms with Crippen molar-refractivity contribution in [1.29, 1.82) is 0 Å². The molecule has 1 aromatic carbocycles. The number of carbonyl (C=O) groups excluding carboxylic acids is 2. The van der Waals surface area contributed by atoms with E-state index in [2.05, 4.69) is 15.6 Å². The predicted molar refractivity (Wildman–Crippen MR) is 98.1 cm³/mol. The number of aromatic nitrogens is 2. The summed E-state index contributed by atoms with van der Waals surface area (Å²) < 4.78 is 15.0. The second kappa shape index (κ2) is 9.27. The van der Waals surface area contributed by atoms with Crippen LogP contribution in [0.4, 0.5) is 4.39 Å². The van der Waals surface area contributed by atoms with E-state index in [1.54, 1.807) is 24.7 Å². The molecule has 1 saturated heterocycles. The van der Waals surface area contributed by atoms with Crippen molar-refractivity contribution in [3.63, 3.8) is 0 Å². The van der Waals surface area contributed by atoms with Gasteiger partial charge in [0.15, 0.2) is 0 Å². The van der Waals surface area contributed by atoms with Crippen molar-refractivity contribution in [3.8, 4) is 0 Å². The van der Waals surface area contributed by atoms with Gasteiger partial charge in [0, 0.05) is 45.1 Å². The molecule has 8 heteroatoms. The van der Waals surface area contributed by atoms with Crippen LogP contribution in [0, 0.1) is 5.82 Å². The molecule has 0 spiro atoms. The smallest absolute Gasteiger partial charge is 0.237 e. The van der Waals surface area contributed by atoms with Crippen LogP contribution in [-0.2, 0) is 22.7 Å². The summed E-state index contributed by atoms with van der Waals surface area (Å²) in [5, 5.41) is 5.69. The Labute approximate surface area is 157 Å². The Hall–Kier alpha value is -2.74. The van der Waals surface area contributed by atoms with E-state index in [4.69, 9.17) is 0 Å². The molecular weight excluding hydrogens is 349 g/mol. The van der Waals surface area contributed by atoms with E-state index >= 15 is 0 Å². The first-order chi connectivity index (χ1) is 13.1. The summed E-state index contributed by atoms with van der Waals surface area (Å²) in [5.41, 5.74) is 0.914. The molecule has 1 aromatic heterocycles. The number of hydrogen-bond acceptors (Lipinski definition) is 4. The third-order valence-electron chi connectivity index (χ3n) is 4.59. The monoisotopic (exact) mass is 373 g/mol. The van der Waals surface area contributed by atoms with Gasteiger partial charge in [-0.3, -0.25) is 14.5 Å². The van der Waals surface area contributed by atoms with Crippen molar-refractivity contribution in [2.75, 3.05) is 19.6 Å². The Morgan fingerprint density at radius 3 is 2.89 bits per heavy atom. The van der Waals surface area contributed by atoms with Crippen molar-refractivity contribution >= 4 is 11.8 Å². The number of piperazine rings is 1. The number of hydrogen-bond donors (Lipinski definition) is 2. The van der Waals surface area contributed by atoms with Gasteiger partial charge < -0.3 is 15.2 Å². The van der Waals surface area contributed by atoms with Crippen molar-refractivity contribution in [1.82, 2.24) is 25.1 Å². The van der Waals surface area contributed by atoms with Crippen LogP contribution in [-0.4, -0.2) is 51.9 Å². The predicted octanol–water partition coefficient (Wildman–Crippen LogP) is 0.919. The Bertz CT molecular complexity index is 748. The lowest BCUT2D eigenvalue weighted by atomic mass is 10.1. The van der Waals surface area contributed by atoms with Crippen LogP contribution in [0.5, 0.6) is 0 Å². The van der Waals surface area contributed by atoms with Crippen LogP contribution in [0.2, 0.25) is 0 Å². The zero-order valence-electron chi connectivity index (χ0n) is 15.1. The van der Waals surface area contributed by atoms with Crippen LogP contribution in [0.1, 0.15) is 18.4 Å². The molecule has 3 rings (SSSR count). The average molecular weight is 373 g/mol. The third-order valence-corrected chi connectivity index (χ3v) is 4.59. The van der Waals surface area contributed by atoms with Gasteiger partial charge in [-0.05, 0) is 24.1 Å². The molecule has 2 N–H and O–H groups in total. The maximum Gasteiger partial charge on any atom is 0.237 e.